The second-order valence-electron chi connectivity index (χ2n) is 6.22. The monoisotopic (exact) mass is 238 g/mol. The van der Waals surface area contributed by atoms with Crippen molar-refractivity contribution in [2.75, 3.05) is 26.7 Å². The molecule has 2 atom stereocenters. The molecule has 1 aliphatic heterocycles. The van der Waals surface area contributed by atoms with Gasteiger partial charge in [-0.15, -0.1) is 0 Å². The molecule has 1 saturated heterocycles. The smallest absolute Gasteiger partial charge is 0.0195 e. The molecule has 2 fully saturated rings. The summed E-state index contributed by atoms with van der Waals surface area (Å²) in [4.78, 5) is 2.74. The Morgan fingerprint density at radius 1 is 1.06 bits per heavy atom. The second-order valence-corrected chi connectivity index (χ2v) is 6.22. The molecule has 2 aliphatic rings. The number of hydrogen-bond acceptors (Lipinski definition) is 2. The van der Waals surface area contributed by atoms with Crippen molar-refractivity contribution in [1.82, 2.24) is 10.2 Å². The van der Waals surface area contributed by atoms with E-state index in [0.717, 1.165) is 17.9 Å². The van der Waals surface area contributed by atoms with Gasteiger partial charge in [0.05, 0.1) is 0 Å². The molecule has 2 nitrogen and oxygen atoms in total. The van der Waals surface area contributed by atoms with Crippen LogP contribution in [-0.4, -0.2) is 37.6 Å². The van der Waals surface area contributed by atoms with Gasteiger partial charge in [-0.1, -0.05) is 32.6 Å². The molecule has 2 unspecified atom stereocenters. The Hall–Kier alpha value is -0.0800. The fourth-order valence-electron chi connectivity index (χ4n) is 3.69. The minimum atomic E-state index is 0.734. The summed E-state index contributed by atoms with van der Waals surface area (Å²) < 4.78 is 0. The van der Waals surface area contributed by atoms with Crippen molar-refractivity contribution < 1.29 is 0 Å². The van der Waals surface area contributed by atoms with E-state index >= 15 is 0 Å². The fraction of sp³-hybridized carbons (Fsp3) is 1.00. The zero-order valence-electron chi connectivity index (χ0n) is 11.8. The molecule has 0 bridgehead atoms. The van der Waals surface area contributed by atoms with Crippen molar-refractivity contribution in [1.29, 1.82) is 0 Å². The summed E-state index contributed by atoms with van der Waals surface area (Å²) in [7, 11) is 2.13. The van der Waals surface area contributed by atoms with Crippen molar-refractivity contribution in [2.45, 2.75) is 57.9 Å². The standard InChI is InChI=1S/C15H30N2/c1-3-13-9-15(16-2)12-17(10-13)11-14-7-5-4-6-8-14/h13-16H,3-12H2,1-2H3. The summed E-state index contributed by atoms with van der Waals surface area (Å²) in [5.41, 5.74) is 0. The Labute approximate surface area is 107 Å². The highest BCUT2D eigenvalue weighted by Crippen LogP contribution is 2.27. The molecule has 0 aromatic heterocycles. The summed E-state index contributed by atoms with van der Waals surface area (Å²) >= 11 is 0. The Morgan fingerprint density at radius 2 is 1.82 bits per heavy atom. The lowest BCUT2D eigenvalue weighted by Crippen LogP contribution is -2.49. The predicted molar refractivity (Wildman–Crippen MR) is 74.3 cm³/mol. The Balaban J connectivity index is 1.81. The third-order valence-electron chi connectivity index (χ3n) is 4.84. The van der Waals surface area contributed by atoms with E-state index in [1.807, 2.05) is 0 Å². The lowest BCUT2D eigenvalue weighted by molar-refractivity contribution is 0.113. The van der Waals surface area contributed by atoms with Crippen LogP contribution in [0.25, 0.3) is 0 Å². The van der Waals surface area contributed by atoms with E-state index < -0.39 is 0 Å². The Bertz CT molecular complexity index is 199. The molecule has 17 heavy (non-hydrogen) atoms. The molecular formula is C15H30N2. The summed E-state index contributed by atoms with van der Waals surface area (Å²) in [6.45, 7) is 6.35. The Morgan fingerprint density at radius 3 is 2.47 bits per heavy atom. The molecule has 2 heteroatoms. The SMILES string of the molecule is CCC1CC(NC)CN(CC2CCCCC2)C1. The molecule has 2 rings (SSSR count). The van der Waals surface area contributed by atoms with Crippen LogP contribution in [0.5, 0.6) is 0 Å². The lowest BCUT2D eigenvalue weighted by Gasteiger charge is -2.39. The maximum Gasteiger partial charge on any atom is 0.0195 e. The largest absolute Gasteiger partial charge is 0.316 e. The topological polar surface area (TPSA) is 15.3 Å². The van der Waals surface area contributed by atoms with Crippen LogP contribution in [0, 0.1) is 11.8 Å². The van der Waals surface area contributed by atoms with Gasteiger partial charge in [0.1, 0.15) is 0 Å². The highest BCUT2D eigenvalue weighted by Gasteiger charge is 2.27. The molecule has 0 aromatic carbocycles. The quantitative estimate of drug-likeness (QED) is 0.810. The summed E-state index contributed by atoms with van der Waals surface area (Å²) in [6.07, 6.45) is 10.1. The van der Waals surface area contributed by atoms with Crippen molar-refractivity contribution >= 4 is 0 Å². The average Bonchev–Trinajstić information content (AvgIpc) is 2.39. The first-order valence-electron chi connectivity index (χ1n) is 7.71. The molecule has 1 N–H and O–H groups in total. The van der Waals surface area contributed by atoms with Gasteiger partial charge in [-0.05, 0) is 38.1 Å². The highest BCUT2D eigenvalue weighted by molar-refractivity contribution is 4.83. The first kappa shape index (κ1) is 13.4. The summed E-state index contributed by atoms with van der Waals surface area (Å²) in [5, 5.41) is 3.49. The van der Waals surface area contributed by atoms with Crippen LogP contribution >= 0.6 is 0 Å². The zero-order chi connectivity index (χ0) is 12.1. The maximum atomic E-state index is 3.49. The van der Waals surface area contributed by atoms with E-state index in [1.165, 1.54) is 64.6 Å². The van der Waals surface area contributed by atoms with Crippen LogP contribution in [0.1, 0.15) is 51.9 Å². The van der Waals surface area contributed by atoms with Crippen molar-refractivity contribution in [2.24, 2.45) is 11.8 Å². The molecule has 0 radical (unpaired) electrons. The number of likely N-dealkylation sites (N-methyl/N-ethyl adjacent to an activating group) is 1. The van der Waals surface area contributed by atoms with Crippen molar-refractivity contribution in [3.05, 3.63) is 0 Å². The molecule has 1 saturated carbocycles. The van der Waals surface area contributed by atoms with E-state index in [2.05, 4.69) is 24.2 Å². The van der Waals surface area contributed by atoms with Crippen LogP contribution in [0.4, 0.5) is 0 Å². The van der Waals surface area contributed by atoms with Gasteiger partial charge in [-0.2, -0.15) is 0 Å². The first-order valence-corrected chi connectivity index (χ1v) is 7.71. The highest BCUT2D eigenvalue weighted by atomic mass is 15.2. The molecule has 0 aromatic rings. The van der Waals surface area contributed by atoms with Crippen LogP contribution in [0.15, 0.2) is 0 Å². The van der Waals surface area contributed by atoms with Crippen molar-refractivity contribution in [3.8, 4) is 0 Å². The number of piperidine rings is 1. The lowest BCUT2D eigenvalue weighted by atomic mass is 9.87. The molecule has 100 valence electrons. The number of hydrogen-bond donors (Lipinski definition) is 1. The van der Waals surface area contributed by atoms with Crippen LogP contribution in [0.3, 0.4) is 0 Å². The minimum absolute atomic E-state index is 0.734. The van der Waals surface area contributed by atoms with Gasteiger partial charge < -0.3 is 10.2 Å². The van der Waals surface area contributed by atoms with E-state index in [0.29, 0.717) is 0 Å². The third-order valence-corrected chi connectivity index (χ3v) is 4.84. The molecule has 1 heterocycles. The van der Waals surface area contributed by atoms with Crippen LogP contribution in [-0.2, 0) is 0 Å². The number of nitrogens with zero attached hydrogens (tertiary/aromatic N) is 1. The number of rotatable bonds is 4. The van der Waals surface area contributed by atoms with Gasteiger partial charge in [-0.25, -0.2) is 0 Å². The third kappa shape index (κ3) is 3.96. The number of nitrogens with one attached hydrogen (secondary N) is 1. The maximum absolute atomic E-state index is 3.49. The van der Waals surface area contributed by atoms with Gasteiger partial charge >= 0.3 is 0 Å². The average molecular weight is 238 g/mol. The van der Waals surface area contributed by atoms with Gasteiger partial charge in [-0.3, -0.25) is 0 Å². The van der Waals surface area contributed by atoms with Crippen molar-refractivity contribution in [3.63, 3.8) is 0 Å². The normalized spacial score (nSPS) is 32.8. The van der Waals surface area contributed by atoms with E-state index in [-0.39, 0.29) is 0 Å². The summed E-state index contributed by atoms with van der Waals surface area (Å²) in [6, 6.07) is 0.734. The van der Waals surface area contributed by atoms with Gasteiger partial charge in [0.15, 0.2) is 0 Å². The zero-order valence-corrected chi connectivity index (χ0v) is 11.8. The van der Waals surface area contributed by atoms with Crippen LogP contribution < -0.4 is 5.32 Å². The molecule has 0 amide bonds. The first-order chi connectivity index (χ1) is 8.31. The second kappa shape index (κ2) is 6.75. The van der Waals surface area contributed by atoms with Crippen LogP contribution in [0.2, 0.25) is 0 Å². The van der Waals surface area contributed by atoms with Gasteiger partial charge in [0.25, 0.3) is 0 Å². The fourth-order valence-corrected chi connectivity index (χ4v) is 3.69. The summed E-state index contributed by atoms with van der Waals surface area (Å²) in [5.74, 6) is 1.92. The predicted octanol–water partition coefficient (Wildman–Crippen LogP) is 2.89. The van der Waals surface area contributed by atoms with E-state index in [4.69, 9.17) is 0 Å². The van der Waals surface area contributed by atoms with Gasteiger partial charge in [0, 0.05) is 25.7 Å². The molecule has 0 spiro atoms. The molecular weight excluding hydrogens is 208 g/mol. The van der Waals surface area contributed by atoms with Gasteiger partial charge in [0.2, 0.25) is 0 Å². The minimum Gasteiger partial charge on any atom is -0.316 e. The van der Waals surface area contributed by atoms with E-state index in [9.17, 15) is 0 Å². The van der Waals surface area contributed by atoms with E-state index in [1.54, 1.807) is 0 Å². The molecule has 1 aliphatic carbocycles. The number of likely N-dealkylation sites (tertiary alicyclic amines) is 1. The Kier molecular flexibility index (Phi) is 5.30.